The Labute approximate surface area is 100 Å². The molecule has 0 aliphatic heterocycles. The van der Waals surface area contributed by atoms with E-state index in [1.165, 1.54) is 0 Å². The zero-order valence-corrected chi connectivity index (χ0v) is 10.3. The maximum absolute atomic E-state index is 11.4. The largest absolute Gasteiger partial charge is 0.466 e. The molecule has 1 N–H and O–H groups in total. The predicted molar refractivity (Wildman–Crippen MR) is 61.5 cm³/mol. The van der Waals surface area contributed by atoms with Gasteiger partial charge in [-0.25, -0.2) is 9.78 Å². The van der Waals surface area contributed by atoms with Crippen LogP contribution in [0, 0.1) is 0 Å². The first-order chi connectivity index (χ1) is 7.90. The highest BCUT2D eigenvalue weighted by atomic mass is 16.6. The van der Waals surface area contributed by atoms with Gasteiger partial charge in [-0.05, 0) is 26.8 Å². The summed E-state index contributed by atoms with van der Waals surface area (Å²) in [7, 11) is 0. The van der Waals surface area contributed by atoms with Crippen molar-refractivity contribution in [2.75, 3.05) is 6.61 Å². The monoisotopic (exact) mass is 239 g/mol. The SMILES string of the molecule is CC(C)(C)OC(=O)COc1cccc(CO)n1. The fourth-order valence-corrected chi connectivity index (χ4v) is 1.13. The van der Waals surface area contributed by atoms with Gasteiger partial charge < -0.3 is 14.6 Å². The first kappa shape index (κ1) is 13.4. The Kier molecular flexibility index (Phi) is 4.45. The molecule has 0 spiro atoms. The summed E-state index contributed by atoms with van der Waals surface area (Å²) in [6, 6.07) is 4.98. The summed E-state index contributed by atoms with van der Waals surface area (Å²) in [6.45, 7) is 5.00. The van der Waals surface area contributed by atoms with E-state index >= 15 is 0 Å². The van der Waals surface area contributed by atoms with Gasteiger partial charge in [0, 0.05) is 6.07 Å². The van der Waals surface area contributed by atoms with Gasteiger partial charge in [-0.2, -0.15) is 0 Å². The van der Waals surface area contributed by atoms with Crippen LogP contribution in [-0.4, -0.2) is 28.3 Å². The molecule has 0 saturated carbocycles. The molecule has 0 fully saturated rings. The molecule has 5 nitrogen and oxygen atoms in total. The second-order valence-electron chi connectivity index (χ2n) is 4.50. The van der Waals surface area contributed by atoms with E-state index in [1.54, 1.807) is 39.0 Å². The number of hydrogen-bond acceptors (Lipinski definition) is 5. The zero-order valence-electron chi connectivity index (χ0n) is 10.3. The van der Waals surface area contributed by atoms with Crippen LogP contribution in [0.25, 0.3) is 0 Å². The number of carbonyl (C=O) groups is 1. The van der Waals surface area contributed by atoms with Gasteiger partial charge in [-0.15, -0.1) is 0 Å². The van der Waals surface area contributed by atoms with E-state index < -0.39 is 11.6 Å². The molecule has 1 aromatic rings. The van der Waals surface area contributed by atoms with Gasteiger partial charge >= 0.3 is 5.97 Å². The average molecular weight is 239 g/mol. The Morgan fingerprint density at radius 3 is 2.71 bits per heavy atom. The summed E-state index contributed by atoms with van der Waals surface area (Å²) < 4.78 is 10.2. The Morgan fingerprint density at radius 1 is 1.41 bits per heavy atom. The van der Waals surface area contributed by atoms with Gasteiger partial charge in [0.1, 0.15) is 5.60 Å². The normalized spacial score (nSPS) is 11.1. The minimum atomic E-state index is -0.527. The zero-order chi connectivity index (χ0) is 12.9. The van der Waals surface area contributed by atoms with Crippen molar-refractivity contribution in [2.24, 2.45) is 0 Å². The fourth-order valence-electron chi connectivity index (χ4n) is 1.13. The second kappa shape index (κ2) is 5.63. The molecule has 1 rings (SSSR count). The molecule has 0 unspecified atom stereocenters. The third kappa shape index (κ3) is 5.31. The van der Waals surface area contributed by atoms with E-state index in [9.17, 15) is 4.79 Å². The molecule has 94 valence electrons. The van der Waals surface area contributed by atoms with Gasteiger partial charge in [0.15, 0.2) is 6.61 Å². The minimum absolute atomic E-state index is 0.163. The second-order valence-corrected chi connectivity index (χ2v) is 4.50. The quantitative estimate of drug-likeness (QED) is 0.802. The molecule has 5 heteroatoms. The maximum atomic E-state index is 11.4. The van der Waals surface area contributed by atoms with Crippen LogP contribution < -0.4 is 4.74 Å². The Hall–Kier alpha value is -1.62. The number of aromatic nitrogens is 1. The van der Waals surface area contributed by atoms with Crippen LogP contribution in [0.15, 0.2) is 18.2 Å². The number of nitrogens with zero attached hydrogens (tertiary/aromatic N) is 1. The Bertz CT molecular complexity index is 384. The van der Waals surface area contributed by atoms with Crippen molar-refractivity contribution in [3.63, 3.8) is 0 Å². The predicted octanol–water partition coefficient (Wildman–Crippen LogP) is 1.29. The minimum Gasteiger partial charge on any atom is -0.466 e. The molecule has 0 bridgehead atoms. The molecular weight excluding hydrogens is 222 g/mol. The number of ether oxygens (including phenoxy) is 2. The summed E-state index contributed by atoms with van der Waals surface area (Å²) in [4.78, 5) is 15.3. The number of hydrogen-bond donors (Lipinski definition) is 1. The van der Waals surface area contributed by atoms with E-state index in [-0.39, 0.29) is 13.2 Å². The number of aliphatic hydroxyl groups is 1. The fraction of sp³-hybridized carbons (Fsp3) is 0.500. The summed E-state index contributed by atoms with van der Waals surface area (Å²) >= 11 is 0. The highest BCUT2D eigenvalue weighted by Gasteiger charge is 2.16. The summed E-state index contributed by atoms with van der Waals surface area (Å²) in [5, 5.41) is 8.88. The van der Waals surface area contributed by atoms with Crippen LogP contribution >= 0.6 is 0 Å². The number of carbonyl (C=O) groups excluding carboxylic acids is 1. The molecule has 0 saturated heterocycles. The van der Waals surface area contributed by atoms with E-state index in [1.807, 2.05) is 0 Å². The third-order valence-corrected chi connectivity index (χ3v) is 1.70. The van der Waals surface area contributed by atoms with Crippen molar-refractivity contribution in [3.05, 3.63) is 23.9 Å². The van der Waals surface area contributed by atoms with Gasteiger partial charge in [-0.3, -0.25) is 0 Å². The smallest absolute Gasteiger partial charge is 0.344 e. The Balaban J connectivity index is 2.47. The highest BCUT2D eigenvalue weighted by molar-refractivity contribution is 5.71. The van der Waals surface area contributed by atoms with Crippen molar-refractivity contribution in [1.82, 2.24) is 4.98 Å². The van der Waals surface area contributed by atoms with Crippen LogP contribution in [-0.2, 0) is 16.1 Å². The van der Waals surface area contributed by atoms with Crippen molar-refractivity contribution in [2.45, 2.75) is 33.0 Å². The van der Waals surface area contributed by atoms with Crippen molar-refractivity contribution in [1.29, 1.82) is 0 Å². The molecule has 0 atom stereocenters. The lowest BCUT2D eigenvalue weighted by Gasteiger charge is -2.19. The number of esters is 1. The van der Waals surface area contributed by atoms with Gasteiger partial charge in [-0.1, -0.05) is 6.07 Å². The first-order valence-corrected chi connectivity index (χ1v) is 5.32. The summed E-state index contributed by atoms with van der Waals surface area (Å²) in [6.07, 6.45) is 0. The van der Waals surface area contributed by atoms with Gasteiger partial charge in [0.05, 0.1) is 12.3 Å². The molecule has 1 heterocycles. The molecule has 0 amide bonds. The molecule has 0 radical (unpaired) electrons. The summed E-state index contributed by atoms with van der Waals surface area (Å²) in [5.74, 6) is -0.156. The lowest BCUT2D eigenvalue weighted by molar-refractivity contribution is -0.157. The molecule has 1 aromatic heterocycles. The number of pyridine rings is 1. The standard InChI is InChI=1S/C12H17NO4/c1-12(2,3)17-11(15)8-16-10-6-4-5-9(7-14)13-10/h4-6,14H,7-8H2,1-3H3. The Morgan fingerprint density at radius 2 is 2.12 bits per heavy atom. The highest BCUT2D eigenvalue weighted by Crippen LogP contribution is 2.10. The third-order valence-electron chi connectivity index (χ3n) is 1.70. The lowest BCUT2D eigenvalue weighted by atomic mass is 10.2. The first-order valence-electron chi connectivity index (χ1n) is 5.32. The van der Waals surface area contributed by atoms with Crippen molar-refractivity contribution >= 4 is 5.97 Å². The van der Waals surface area contributed by atoms with Crippen molar-refractivity contribution < 1.29 is 19.4 Å². The lowest BCUT2D eigenvalue weighted by Crippen LogP contribution is -2.27. The van der Waals surface area contributed by atoms with Crippen LogP contribution in [0.3, 0.4) is 0 Å². The molecular formula is C12H17NO4. The molecule has 0 aromatic carbocycles. The number of rotatable bonds is 4. The van der Waals surface area contributed by atoms with Crippen LogP contribution in [0.1, 0.15) is 26.5 Å². The van der Waals surface area contributed by atoms with E-state index in [0.29, 0.717) is 11.6 Å². The molecule has 17 heavy (non-hydrogen) atoms. The van der Waals surface area contributed by atoms with E-state index in [0.717, 1.165) is 0 Å². The van der Waals surface area contributed by atoms with E-state index in [2.05, 4.69) is 4.98 Å². The number of aliphatic hydroxyl groups excluding tert-OH is 1. The van der Waals surface area contributed by atoms with Crippen LogP contribution in [0.4, 0.5) is 0 Å². The average Bonchev–Trinajstić information content (AvgIpc) is 2.24. The molecule has 0 aliphatic rings. The molecule has 0 aliphatic carbocycles. The van der Waals surface area contributed by atoms with E-state index in [4.69, 9.17) is 14.6 Å². The van der Waals surface area contributed by atoms with Gasteiger partial charge in [0.2, 0.25) is 5.88 Å². The maximum Gasteiger partial charge on any atom is 0.344 e. The van der Waals surface area contributed by atoms with Crippen LogP contribution in [0.5, 0.6) is 5.88 Å². The van der Waals surface area contributed by atoms with Crippen molar-refractivity contribution in [3.8, 4) is 5.88 Å². The topological polar surface area (TPSA) is 68.7 Å². The van der Waals surface area contributed by atoms with Gasteiger partial charge in [0.25, 0.3) is 0 Å². The summed E-state index contributed by atoms with van der Waals surface area (Å²) in [5.41, 5.74) is -0.0347. The van der Waals surface area contributed by atoms with Crippen LogP contribution in [0.2, 0.25) is 0 Å².